The zero-order valence-corrected chi connectivity index (χ0v) is 16.0. The second-order valence-corrected chi connectivity index (χ2v) is 6.31. The van der Waals surface area contributed by atoms with E-state index in [0.29, 0.717) is 17.2 Å². The largest absolute Gasteiger partial charge is 0.493 e. The Bertz CT molecular complexity index is 849. The maximum atomic E-state index is 12.1. The highest BCUT2D eigenvalue weighted by atomic mass is 79.9. The molecule has 2 aromatic rings. The number of amides is 2. The van der Waals surface area contributed by atoms with Crippen LogP contribution in [0.15, 0.2) is 46.9 Å². The molecule has 0 aliphatic rings. The lowest BCUT2D eigenvalue weighted by molar-refractivity contribution is -0.120. The van der Waals surface area contributed by atoms with Crippen molar-refractivity contribution in [3.05, 3.63) is 58.1 Å². The van der Waals surface area contributed by atoms with Crippen LogP contribution in [0.4, 0.5) is 5.69 Å². The number of hydrogen-bond acceptors (Lipinski definition) is 4. The van der Waals surface area contributed by atoms with Gasteiger partial charge in [0.2, 0.25) is 5.91 Å². The minimum Gasteiger partial charge on any atom is -0.493 e. The molecule has 0 saturated heterocycles. The molecule has 0 fully saturated rings. The van der Waals surface area contributed by atoms with Crippen molar-refractivity contribution in [3.8, 4) is 11.5 Å². The van der Waals surface area contributed by atoms with Crippen LogP contribution in [0.2, 0.25) is 0 Å². The summed E-state index contributed by atoms with van der Waals surface area (Å²) in [6.07, 6.45) is 3.08. The van der Waals surface area contributed by atoms with E-state index in [9.17, 15) is 9.59 Å². The molecule has 0 heterocycles. The Morgan fingerprint density at radius 2 is 1.96 bits per heavy atom. The third-order valence-electron chi connectivity index (χ3n) is 3.41. The molecular weight excluding hydrogens is 400 g/mol. The molecule has 0 aromatic heterocycles. The summed E-state index contributed by atoms with van der Waals surface area (Å²) in [5.74, 6) is 0.0196. The lowest BCUT2D eigenvalue weighted by Gasteiger charge is -2.10. The van der Waals surface area contributed by atoms with Gasteiger partial charge in [0, 0.05) is 16.2 Å². The van der Waals surface area contributed by atoms with E-state index in [4.69, 9.17) is 15.2 Å². The summed E-state index contributed by atoms with van der Waals surface area (Å²) in [6.45, 7) is 1.71. The summed E-state index contributed by atoms with van der Waals surface area (Å²) in [5, 5.41) is 2.80. The molecular formula is C19H19BrN2O4. The van der Waals surface area contributed by atoms with Crippen LogP contribution in [0.5, 0.6) is 11.5 Å². The molecule has 2 rings (SSSR count). The number of rotatable bonds is 7. The van der Waals surface area contributed by atoms with E-state index in [2.05, 4.69) is 21.2 Å². The van der Waals surface area contributed by atoms with Gasteiger partial charge in [0.25, 0.3) is 5.91 Å². The first-order valence-corrected chi connectivity index (χ1v) is 8.52. The summed E-state index contributed by atoms with van der Waals surface area (Å²) in [7, 11) is 1.49. The molecule has 0 unspecified atom stereocenters. The molecule has 3 N–H and O–H groups in total. The highest BCUT2D eigenvalue weighted by Crippen LogP contribution is 2.28. The Morgan fingerprint density at radius 3 is 2.62 bits per heavy atom. The Labute approximate surface area is 160 Å². The van der Waals surface area contributed by atoms with Crippen molar-refractivity contribution in [1.82, 2.24) is 0 Å². The van der Waals surface area contributed by atoms with Crippen LogP contribution in [0.25, 0.3) is 6.08 Å². The quantitative estimate of drug-likeness (QED) is 0.674. The van der Waals surface area contributed by atoms with Gasteiger partial charge in [-0.1, -0.05) is 22.0 Å². The number of benzene rings is 2. The summed E-state index contributed by atoms with van der Waals surface area (Å²) in [6, 6.07) is 10.7. The lowest BCUT2D eigenvalue weighted by Crippen LogP contribution is -2.20. The SMILES string of the molecule is COc1cc(/C=C/C(=O)Nc2ccc(Br)c(C)c2)ccc1OCC(N)=O. The van der Waals surface area contributed by atoms with Crippen LogP contribution < -0.4 is 20.5 Å². The van der Waals surface area contributed by atoms with Crippen molar-refractivity contribution in [3.63, 3.8) is 0 Å². The van der Waals surface area contributed by atoms with Crippen molar-refractivity contribution in [1.29, 1.82) is 0 Å². The number of carbonyl (C=O) groups is 2. The number of aryl methyl sites for hydroxylation is 1. The van der Waals surface area contributed by atoms with Gasteiger partial charge in [0.1, 0.15) is 0 Å². The first-order chi connectivity index (χ1) is 12.4. The standard InChI is InChI=1S/C19H19BrN2O4/c1-12-9-14(5-6-15(12)20)22-19(24)8-4-13-3-7-16(17(10-13)25-2)26-11-18(21)23/h3-10H,11H2,1-2H3,(H2,21,23)(H,22,24)/b8-4+. The van der Waals surface area contributed by atoms with Crippen molar-refractivity contribution >= 4 is 39.5 Å². The van der Waals surface area contributed by atoms with E-state index >= 15 is 0 Å². The smallest absolute Gasteiger partial charge is 0.255 e. The molecule has 136 valence electrons. The van der Waals surface area contributed by atoms with Gasteiger partial charge in [0.15, 0.2) is 18.1 Å². The summed E-state index contributed by atoms with van der Waals surface area (Å²) in [4.78, 5) is 22.9. The van der Waals surface area contributed by atoms with E-state index < -0.39 is 5.91 Å². The van der Waals surface area contributed by atoms with Gasteiger partial charge >= 0.3 is 0 Å². The molecule has 6 nitrogen and oxygen atoms in total. The predicted octanol–water partition coefficient (Wildman–Crippen LogP) is 3.28. The molecule has 2 amide bonds. The van der Waals surface area contributed by atoms with Gasteiger partial charge < -0.3 is 20.5 Å². The number of halogens is 1. The fraction of sp³-hybridized carbons (Fsp3) is 0.158. The number of hydrogen-bond donors (Lipinski definition) is 2. The van der Waals surface area contributed by atoms with Crippen molar-refractivity contribution in [2.24, 2.45) is 5.73 Å². The monoisotopic (exact) mass is 418 g/mol. The van der Waals surface area contributed by atoms with Crippen LogP contribution in [0, 0.1) is 6.92 Å². The van der Waals surface area contributed by atoms with Gasteiger partial charge in [-0.3, -0.25) is 9.59 Å². The van der Waals surface area contributed by atoms with Crippen molar-refractivity contribution in [2.75, 3.05) is 19.0 Å². The van der Waals surface area contributed by atoms with Crippen LogP contribution in [0.3, 0.4) is 0 Å². The highest BCUT2D eigenvalue weighted by Gasteiger charge is 2.07. The van der Waals surface area contributed by atoms with Crippen molar-refractivity contribution < 1.29 is 19.1 Å². The van der Waals surface area contributed by atoms with E-state index in [1.54, 1.807) is 24.3 Å². The average molecular weight is 419 g/mol. The maximum Gasteiger partial charge on any atom is 0.255 e. The molecule has 0 radical (unpaired) electrons. The van der Waals surface area contributed by atoms with E-state index in [1.165, 1.54) is 13.2 Å². The van der Waals surface area contributed by atoms with E-state index in [-0.39, 0.29) is 12.5 Å². The topological polar surface area (TPSA) is 90.7 Å². The van der Waals surface area contributed by atoms with Crippen LogP contribution in [-0.2, 0) is 9.59 Å². The molecule has 0 saturated carbocycles. The van der Waals surface area contributed by atoms with Gasteiger partial charge in [-0.25, -0.2) is 0 Å². The molecule has 2 aromatic carbocycles. The number of nitrogens with two attached hydrogens (primary N) is 1. The van der Waals surface area contributed by atoms with Crippen LogP contribution in [0.1, 0.15) is 11.1 Å². The van der Waals surface area contributed by atoms with E-state index in [1.807, 2.05) is 25.1 Å². The number of ether oxygens (including phenoxy) is 2. The number of primary amides is 1. The van der Waals surface area contributed by atoms with Gasteiger partial charge in [-0.15, -0.1) is 0 Å². The lowest BCUT2D eigenvalue weighted by atomic mass is 10.2. The zero-order chi connectivity index (χ0) is 19.1. The third kappa shape index (κ3) is 5.63. The molecule has 0 bridgehead atoms. The molecule has 0 aliphatic carbocycles. The number of methoxy groups -OCH3 is 1. The zero-order valence-electron chi connectivity index (χ0n) is 14.4. The number of anilines is 1. The van der Waals surface area contributed by atoms with Crippen LogP contribution in [-0.4, -0.2) is 25.5 Å². The van der Waals surface area contributed by atoms with Gasteiger partial charge in [0.05, 0.1) is 7.11 Å². The maximum absolute atomic E-state index is 12.1. The highest BCUT2D eigenvalue weighted by molar-refractivity contribution is 9.10. The van der Waals surface area contributed by atoms with Crippen molar-refractivity contribution in [2.45, 2.75) is 6.92 Å². The normalized spacial score (nSPS) is 10.6. The van der Waals surface area contributed by atoms with Gasteiger partial charge in [-0.2, -0.15) is 0 Å². The summed E-state index contributed by atoms with van der Waals surface area (Å²) < 4.78 is 11.5. The third-order valence-corrected chi connectivity index (χ3v) is 4.30. The molecule has 26 heavy (non-hydrogen) atoms. The second-order valence-electron chi connectivity index (χ2n) is 5.45. The summed E-state index contributed by atoms with van der Waals surface area (Å²) in [5.41, 5.74) is 7.55. The Hall–Kier alpha value is -2.80. The fourth-order valence-corrected chi connectivity index (χ4v) is 2.38. The first kappa shape index (κ1) is 19.5. The number of carbonyl (C=O) groups excluding carboxylic acids is 2. The van der Waals surface area contributed by atoms with E-state index in [0.717, 1.165) is 15.6 Å². The minimum atomic E-state index is -0.573. The Balaban J connectivity index is 2.05. The molecule has 0 spiro atoms. The van der Waals surface area contributed by atoms with Gasteiger partial charge in [-0.05, 0) is 54.5 Å². The summed E-state index contributed by atoms with van der Waals surface area (Å²) >= 11 is 3.42. The second kappa shape index (κ2) is 9.05. The molecule has 7 heteroatoms. The Morgan fingerprint density at radius 1 is 1.19 bits per heavy atom. The average Bonchev–Trinajstić information content (AvgIpc) is 2.61. The minimum absolute atomic E-state index is 0.236. The number of nitrogens with one attached hydrogen (secondary N) is 1. The Kier molecular flexibility index (Phi) is 6.80. The predicted molar refractivity (Wildman–Crippen MR) is 104 cm³/mol. The molecule has 0 atom stereocenters. The van der Waals surface area contributed by atoms with Crippen LogP contribution >= 0.6 is 15.9 Å². The first-order valence-electron chi connectivity index (χ1n) is 7.73. The fourth-order valence-electron chi connectivity index (χ4n) is 2.13. The molecule has 0 aliphatic heterocycles.